The van der Waals surface area contributed by atoms with Gasteiger partial charge >= 0.3 is 24.4 Å². The largest absolute Gasteiger partial charge is 0.496 e. The van der Waals surface area contributed by atoms with Crippen molar-refractivity contribution < 1.29 is 50.5 Å². The van der Waals surface area contributed by atoms with E-state index in [1.807, 2.05) is 39.0 Å². The number of aromatic nitrogens is 1. The third kappa shape index (κ3) is 11.5. The molecule has 3 heterocycles. The number of aliphatic carboxylic acids is 1. The van der Waals surface area contributed by atoms with Crippen LogP contribution in [0.3, 0.4) is 0 Å². The molecule has 4 rings (SSSR count). The molecule has 0 aliphatic carbocycles. The molecule has 276 valence electrons. The second-order valence-electron chi connectivity index (χ2n) is 12.1. The van der Waals surface area contributed by atoms with Gasteiger partial charge in [0.2, 0.25) is 0 Å². The summed E-state index contributed by atoms with van der Waals surface area (Å²) in [4.78, 5) is 29.5. The first kappa shape index (κ1) is 41.7. The molecule has 0 radical (unpaired) electrons. The molecule has 0 spiro atoms. The number of carbonyl (C=O) groups excluding carboxylic acids is 1. The quantitative estimate of drug-likeness (QED) is 0.187. The van der Waals surface area contributed by atoms with Crippen molar-refractivity contribution >= 4 is 17.9 Å². The van der Waals surface area contributed by atoms with Gasteiger partial charge in [0.25, 0.3) is 0 Å². The number of nitrogens with one attached hydrogen (secondary N) is 1. The van der Waals surface area contributed by atoms with Crippen LogP contribution >= 0.6 is 0 Å². The van der Waals surface area contributed by atoms with Crippen LogP contribution in [0.4, 0.5) is 37.0 Å². The van der Waals surface area contributed by atoms with Gasteiger partial charge < -0.3 is 24.8 Å². The van der Waals surface area contributed by atoms with Crippen LogP contribution in [0, 0.1) is 12.3 Å². The number of halogens is 6. The minimum atomic E-state index is -4.78. The number of amides is 1. The summed E-state index contributed by atoms with van der Waals surface area (Å²) in [6.07, 6.45) is -9.74. The number of methoxy groups -OCH3 is 1. The fourth-order valence-corrected chi connectivity index (χ4v) is 5.01. The predicted octanol–water partition coefficient (Wildman–Crippen LogP) is 8.99. The zero-order chi connectivity index (χ0) is 38.0. The lowest BCUT2D eigenvalue weighted by Crippen LogP contribution is -2.37. The van der Waals surface area contributed by atoms with Crippen LogP contribution in [0.25, 0.3) is 11.1 Å². The zero-order valence-electron chi connectivity index (χ0n) is 29.3. The SMILES string of the molecule is C=C/C(=C\C(=C/CC(F)(F)F)C1OC(=O)NC1C)C(F)(F)F.CC.COc1ccc(CC(C)(C)C(=O)O)cc1-c1ccc(N2CCC2)nc1C. The van der Waals surface area contributed by atoms with Gasteiger partial charge in [-0.25, -0.2) is 9.78 Å². The zero-order valence-corrected chi connectivity index (χ0v) is 29.3. The summed E-state index contributed by atoms with van der Waals surface area (Å²) in [6, 6.07) is 9.24. The van der Waals surface area contributed by atoms with Gasteiger partial charge in [-0.2, -0.15) is 26.3 Å². The number of rotatable bonds is 10. The van der Waals surface area contributed by atoms with E-state index in [4.69, 9.17) is 14.5 Å². The summed E-state index contributed by atoms with van der Waals surface area (Å²) in [5.41, 5.74) is 1.45. The minimum Gasteiger partial charge on any atom is -0.496 e. The molecular weight excluding hydrogens is 668 g/mol. The summed E-state index contributed by atoms with van der Waals surface area (Å²) in [6.45, 7) is 16.0. The molecule has 1 amide bonds. The molecule has 2 unspecified atom stereocenters. The Morgan fingerprint density at radius 2 is 1.76 bits per heavy atom. The number of anilines is 1. The van der Waals surface area contributed by atoms with E-state index in [2.05, 4.69) is 28.9 Å². The first-order valence-electron chi connectivity index (χ1n) is 16.0. The number of hydrogen-bond acceptors (Lipinski definition) is 6. The molecule has 1 aromatic carbocycles. The lowest BCUT2D eigenvalue weighted by Gasteiger charge is -2.32. The molecule has 2 atom stereocenters. The molecule has 14 heteroatoms. The van der Waals surface area contributed by atoms with Crippen LogP contribution in [0.15, 0.2) is 66.3 Å². The maximum absolute atomic E-state index is 12.7. The van der Waals surface area contributed by atoms with Crippen LogP contribution in [0.2, 0.25) is 0 Å². The van der Waals surface area contributed by atoms with Crippen molar-refractivity contribution in [3.05, 3.63) is 77.5 Å². The summed E-state index contributed by atoms with van der Waals surface area (Å²) in [7, 11) is 1.65. The number of cyclic esters (lactones) is 1. The molecule has 8 nitrogen and oxygen atoms in total. The van der Waals surface area contributed by atoms with Crippen LogP contribution in [-0.2, 0) is 16.0 Å². The molecule has 50 heavy (non-hydrogen) atoms. The lowest BCUT2D eigenvalue weighted by molar-refractivity contribution is -0.146. The van der Waals surface area contributed by atoms with Crippen molar-refractivity contribution in [1.82, 2.24) is 10.3 Å². The number of ether oxygens (including phenoxy) is 2. The van der Waals surface area contributed by atoms with Gasteiger partial charge in [0.1, 0.15) is 17.7 Å². The fraction of sp³-hybridized carbons (Fsp3) is 0.472. The number of hydrogen-bond donors (Lipinski definition) is 2. The highest BCUT2D eigenvalue weighted by Crippen LogP contribution is 2.36. The van der Waals surface area contributed by atoms with Gasteiger partial charge in [0.15, 0.2) is 0 Å². The molecular formula is C36H45F6N3O5. The van der Waals surface area contributed by atoms with E-state index >= 15 is 0 Å². The number of alkyl halides is 6. The molecule has 1 aromatic heterocycles. The summed E-state index contributed by atoms with van der Waals surface area (Å²) in [5.74, 6) is 0.981. The van der Waals surface area contributed by atoms with Crippen molar-refractivity contribution in [3.63, 3.8) is 0 Å². The molecule has 2 N–H and O–H groups in total. The average Bonchev–Trinajstić information content (AvgIpc) is 3.33. The van der Waals surface area contributed by atoms with E-state index < -0.39 is 59.5 Å². The van der Waals surface area contributed by atoms with Crippen LogP contribution < -0.4 is 15.0 Å². The Balaban J connectivity index is 0.000000335. The number of carboxylic acids is 1. The number of nitrogens with zero attached hydrogens (tertiary/aromatic N) is 2. The highest BCUT2D eigenvalue weighted by Gasteiger charge is 2.37. The topological polar surface area (TPSA) is 101 Å². The van der Waals surface area contributed by atoms with Crippen molar-refractivity contribution in [2.45, 2.75) is 85.3 Å². The second kappa shape index (κ2) is 17.4. The molecule has 0 bridgehead atoms. The van der Waals surface area contributed by atoms with Gasteiger partial charge in [-0.1, -0.05) is 38.6 Å². The monoisotopic (exact) mass is 713 g/mol. The first-order chi connectivity index (χ1) is 23.3. The minimum absolute atomic E-state index is 0.393. The van der Waals surface area contributed by atoms with E-state index in [1.165, 1.54) is 13.3 Å². The Kier molecular flexibility index (Phi) is 14.5. The number of carboxylic acid groups (broad SMARTS) is 1. The number of pyridine rings is 1. The fourth-order valence-electron chi connectivity index (χ4n) is 5.01. The highest BCUT2D eigenvalue weighted by atomic mass is 19.4. The van der Waals surface area contributed by atoms with Gasteiger partial charge in [-0.3, -0.25) is 4.79 Å². The molecule has 2 aliphatic heterocycles. The van der Waals surface area contributed by atoms with Gasteiger partial charge in [-0.05, 0) is 82.0 Å². The Morgan fingerprint density at radius 1 is 1.12 bits per heavy atom. The molecule has 0 saturated carbocycles. The standard InChI is InChI=1S/C21H26N2O3.C13H13F6NO2.C2H6/c1-14-16(7-9-19(22-14)23-10-5-11-23)17-12-15(6-8-18(17)26-4)13-21(2,3)20(24)25;1-3-9(13(17,18)19)6-8(4-5-12(14,15)16)10-7(2)20-11(21)22-10;1-2/h6-9,12H,5,10-11,13H2,1-4H3,(H,24,25);3-4,6-7,10H,1,5H2,2H3,(H,20,21);1-2H3/b;8-4+,9-6+;. The smallest absolute Gasteiger partial charge is 0.416 e. The number of benzene rings is 1. The maximum Gasteiger partial charge on any atom is 0.416 e. The predicted molar refractivity (Wildman–Crippen MR) is 180 cm³/mol. The van der Waals surface area contributed by atoms with Crippen molar-refractivity contribution in [2.24, 2.45) is 5.41 Å². The van der Waals surface area contributed by atoms with Crippen LogP contribution in [-0.4, -0.2) is 66.9 Å². The Bertz CT molecular complexity index is 1560. The Morgan fingerprint density at radius 3 is 2.20 bits per heavy atom. The van der Waals surface area contributed by atoms with Crippen molar-refractivity contribution in [2.75, 3.05) is 25.1 Å². The summed E-state index contributed by atoms with van der Waals surface area (Å²) >= 11 is 0. The number of alkyl carbamates (subject to hydrolysis) is 1. The van der Waals surface area contributed by atoms with E-state index in [1.54, 1.807) is 21.0 Å². The Labute approximate surface area is 288 Å². The van der Waals surface area contributed by atoms with Gasteiger partial charge in [0, 0.05) is 29.9 Å². The van der Waals surface area contributed by atoms with Crippen LogP contribution in [0.1, 0.15) is 58.7 Å². The Hall–Kier alpha value is -4.49. The van der Waals surface area contributed by atoms with E-state index in [9.17, 15) is 41.0 Å². The van der Waals surface area contributed by atoms with E-state index in [0.717, 1.165) is 47.0 Å². The lowest BCUT2D eigenvalue weighted by atomic mass is 9.85. The third-order valence-corrected chi connectivity index (χ3v) is 7.83. The number of carbonyl (C=O) groups is 2. The third-order valence-electron chi connectivity index (χ3n) is 7.83. The number of aryl methyl sites for hydroxylation is 1. The molecule has 2 aliphatic rings. The van der Waals surface area contributed by atoms with Gasteiger partial charge in [-0.15, -0.1) is 0 Å². The van der Waals surface area contributed by atoms with Crippen LogP contribution in [0.5, 0.6) is 5.75 Å². The van der Waals surface area contributed by atoms with Gasteiger partial charge in [0.05, 0.1) is 30.6 Å². The molecule has 2 saturated heterocycles. The normalized spacial score (nSPS) is 18.0. The summed E-state index contributed by atoms with van der Waals surface area (Å²) in [5, 5.41) is 11.7. The second-order valence-corrected chi connectivity index (χ2v) is 12.1. The van der Waals surface area contributed by atoms with E-state index in [-0.39, 0.29) is 0 Å². The van der Waals surface area contributed by atoms with Crippen molar-refractivity contribution in [1.29, 1.82) is 0 Å². The highest BCUT2D eigenvalue weighted by molar-refractivity contribution is 5.76. The number of allylic oxidation sites excluding steroid dienone is 3. The first-order valence-corrected chi connectivity index (χ1v) is 16.0. The average molecular weight is 714 g/mol. The summed E-state index contributed by atoms with van der Waals surface area (Å²) < 4.78 is 85.3. The molecule has 2 fully saturated rings. The molecule has 2 aromatic rings. The maximum atomic E-state index is 12.7. The van der Waals surface area contributed by atoms with Crippen molar-refractivity contribution in [3.8, 4) is 16.9 Å². The van der Waals surface area contributed by atoms with E-state index in [0.29, 0.717) is 24.6 Å².